The van der Waals surface area contributed by atoms with Gasteiger partial charge in [-0.15, -0.1) is 0 Å². The molecule has 0 aliphatic heterocycles. The van der Waals surface area contributed by atoms with Crippen LogP contribution in [0.2, 0.25) is 0 Å². The highest BCUT2D eigenvalue weighted by Crippen LogP contribution is 2.32. The van der Waals surface area contributed by atoms with Crippen LogP contribution >= 0.6 is 11.3 Å². The number of hydrogen-bond donors (Lipinski definition) is 0. The summed E-state index contributed by atoms with van der Waals surface area (Å²) in [5, 5.41) is 5.29. The lowest BCUT2D eigenvalue weighted by Gasteiger charge is -2.21. The Morgan fingerprint density at radius 2 is 1.86 bits per heavy atom. The second-order valence-corrected chi connectivity index (χ2v) is 8.87. The maximum atomic E-state index is 13.4. The Kier molecular flexibility index (Phi) is 5.86. The quantitative estimate of drug-likeness (QED) is 0.623. The van der Waals surface area contributed by atoms with E-state index in [9.17, 15) is 4.79 Å². The molecule has 0 aliphatic rings. The highest BCUT2D eigenvalue weighted by atomic mass is 32.1. The molecule has 7 heteroatoms. The highest BCUT2D eigenvalue weighted by Gasteiger charge is 2.25. The molecule has 3 rings (SSSR count). The van der Waals surface area contributed by atoms with Crippen molar-refractivity contribution in [2.75, 3.05) is 32.1 Å². The molecule has 0 spiro atoms. The Balaban J connectivity index is 2.02. The summed E-state index contributed by atoms with van der Waals surface area (Å²) < 4.78 is 3.02. The predicted molar refractivity (Wildman–Crippen MR) is 117 cm³/mol. The Labute approximate surface area is 170 Å². The minimum atomic E-state index is -0.0993. The number of benzene rings is 1. The van der Waals surface area contributed by atoms with Gasteiger partial charge in [-0.3, -0.25) is 14.4 Å². The number of carbonyl (C=O) groups is 1. The van der Waals surface area contributed by atoms with Crippen molar-refractivity contribution in [2.45, 2.75) is 40.7 Å². The molecular weight excluding hydrogens is 370 g/mol. The lowest BCUT2D eigenvalue weighted by Crippen LogP contribution is -2.37. The Morgan fingerprint density at radius 3 is 2.46 bits per heavy atom. The number of hydrogen-bond acceptors (Lipinski definition) is 5. The number of thiazole rings is 1. The van der Waals surface area contributed by atoms with Gasteiger partial charge in [0.25, 0.3) is 5.91 Å². The number of aryl methyl sites for hydroxylation is 3. The maximum Gasteiger partial charge on any atom is 0.280 e. The number of carbonyl (C=O) groups excluding carboxylic acids is 1. The van der Waals surface area contributed by atoms with Crippen LogP contribution in [-0.4, -0.2) is 52.8 Å². The van der Waals surface area contributed by atoms with E-state index in [0.29, 0.717) is 12.2 Å². The zero-order valence-electron chi connectivity index (χ0n) is 17.8. The Morgan fingerprint density at radius 1 is 1.14 bits per heavy atom. The summed E-state index contributed by atoms with van der Waals surface area (Å²) >= 11 is 1.57. The van der Waals surface area contributed by atoms with E-state index < -0.39 is 0 Å². The van der Waals surface area contributed by atoms with E-state index in [4.69, 9.17) is 4.98 Å². The molecule has 0 radical (unpaired) electrons. The van der Waals surface area contributed by atoms with Gasteiger partial charge in [0.05, 0.1) is 10.2 Å². The smallest absolute Gasteiger partial charge is 0.280 e. The van der Waals surface area contributed by atoms with Crippen LogP contribution in [-0.2, 0) is 0 Å². The van der Waals surface area contributed by atoms with Crippen LogP contribution in [0, 0.1) is 20.8 Å². The minimum absolute atomic E-state index is 0.0993. The fraction of sp³-hybridized carbons (Fsp3) is 0.476. The van der Waals surface area contributed by atoms with Crippen LogP contribution in [0.5, 0.6) is 0 Å². The van der Waals surface area contributed by atoms with Gasteiger partial charge in [-0.05, 0) is 72.0 Å². The molecule has 0 saturated heterocycles. The van der Waals surface area contributed by atoms with Crippen molar-refractivity contribution < 1.29 is 4.79 Å². The summed E-state index contributed by atoms with van der Waals surface area (Å²) in [4.78, 5) is 22.0. The first-order valence-corrected chi connectivity index (χ1v) is 10.4. The number of anilines is 1. The first kappa shape index (κ1) is 20.5. The van der Waals surface area contributed by atoms with Gasteiger partial charge in [0.1, 0.15) is 0 Å². The van der Waals surface area contributed by atoms with Crippen molar-refractivity contribution in [1.82, 2.24) is 19.7 Å². The topological polar surface area (TPSA) is 54.3 Å². The second kappa shape index (κ2) is 8.01. The molecule has 1 aromatic carbocycles. The molecule has 0 aliphatic carbocycles. The molecule has 0 N–H and O–H groups in total. The van der Waals surface area contributed by atoms with Gasteiger partial charge in [-0.1, -0.05) is 17.4 Å². The van der Waals surface area contributed by atoms with Crippen molar-refractivity contribution in [3.63, 3.8) is 0 Å². The van der Waals surface area contributed by atoms with Gasteiger partial charge in [0.2, 0.25) is 0 Å². The van der Waals surface area contributed by atoms with Crippen LogP contribution < -0.4 is 4.90 Å². The molecule has 2 aromatic heterocycles. The van der Waals surface area contributed by atoms with Crippen LogP contribution in [0.1, 0.15) is 47.2 Å². The lowest BCUT2D eigenvalue weighted by molar-refractivity contribution is 0.0979. The molecular formula is C21H29N5OS. The summed E-state index contributed by atoms with van der Waals surface area (Å²) in [5.41, 5.74) is 4.78. The van der Waals surface area contributed by atoms with Gasteiger partial charge in [-0.2, -0.15) is 5.10 Å². The van der Waals surface area contributed by atoms with Crippen molar-refractivity contribution in [1.29, 1.82) is 0 Å². The fourth-order valence-corrected chi connectivity index (χ4v) is 4.36. The standard InChI is InChI=1S/C21H29N5OS/c1-13(2)26-16(5)12-18(23-26)20(27)25(9-8-24(6)7)21-22-17-11-14(3)10-15(4)19(17)28-21/h10-13H,8-9H2,1-7H3. The fourth-order valence-electron chi connectivity index (χ4n) is 3.32. The zero-order valence-corrected chi connectivity index (χ0v) is 18.6. The summed E-state index contributed by atoms with van der Waals surface area (Å²) in [5.74, 6) is -0.0993. The van der Waals surface area contributed by atoms with E-state index in [-0.39, 0.29) is 11.9 Å². The Bertz CT molecular complexity index is 1000. The molecule has 6 nitrogen and oxygen atoms in total. The molecule has 28 heavy (non-hydrogen) atoms. The summed E-state index contributed by atoms with van der Waals surface area (Å²) in [7, 11) is 4.01. The third-order valence-corrected chi connectivity index (χ3v) is 5.92. The number of rotatable bonds is 6. The van der Waals surface area contributed by atoms with E-state index in [0.717, 1.165) is 27.6 Å². The van der Waals surface area contributed by atoms with Gasteiger partial charge >= 0.3 is 0 Å². The molecule has 2 heterocycles. The highest BCUT2D eigenvalue weighted by molar-refractivity contribution is 7.22. The zero-order chi connectivity index (χ0) is 20.6. The summed E-state index contributed by atoms with van der Waals surface area (Å²) in [6.07, 6.45) is 0. The molecule has 0 bridgehead atoms. The third kappa shape index (κ3) is 4.10. The number of nitrogens with zero attached hydrogens (tertiary/aromatic N) is 5. The molecule has 0 atom stereocenters. The maximum absolute atomic E-state index is 13.4. The molecule has 0 fully saturated rings. The van der Waals surface area contributed by atoms with Crippen LogP contribution in [0.3, 0.4) is 0 Å². The monoisotopic (exact) mass is 399 g/mol. The average Bonchev–Trinajstić information content (AvgIpc) is 3.18. The van der Waals surface area contributed by atoms with Crippen molar-refractivity contribution in [2.24, 2.45) is 0 Å². The molecule has 1 amide bonds. The molecule has 150 valence electrons. The average molecular weight is 400 g/mol. The number of aromatic nitrogens is 3. The minimum Gasteiger partial charge on any atom is -0.308 e. The van der Waals surface area contributed by atoms with Gasteiger partial charge in [0, 0.05) is 24.8 Å². The van der Waals surface area contributed by atoms with Gasteiger partial charge in [0.15, 0.2) is 10.8 Å². The van der Waals surface area contributed by atoms with Crippen LogP contribution in [0.4, 0.5) is 5.13 Å². The van der Waals surface area contributed by atoms with Crippen LogP contribution in [0.15, 0.2) is 18.2 Å². The van der Waals surface area contributed by atoms with E-state index in [1.807, 2.05) is 31.8 Å². The second-order valence-electron chi connectivity index (χ2n) is 7.90. The lowest BCUT2D eigenvalue weighted by atomic mass is 10.1. The van der Waals surface area contributed by atoms with E-state index >= 15 is 0 Å². The number of likely N-dealkylation sites (N-methyl/N-ethyl adjacent to an activating group) is 1. The Hall–Kier alpha value is -2.25. The van der Waals surface area contributed by atoms with Crippen LogP contribution in [0.25, 0.3) is 10.2 Å². The normalized spacial score (nSPS) is 11.8. The number of fused-ring (bicyclic) bond motifs is 1. The number of amides is 1. The van der Waals surface area contributed by atoms with E-state index in [2.05, 4.69) is 49.8 Å². The van der Waals surface area contributed by atoms with E-state index in [1.54, 1.807) is 16.2 Å². The first-order chi connectivity index (χ1) is 13.2. The van der Waals surface area contributed by atoms with Gasteiger partial charge < -0.3 is 4.90 Å². The van der Waals surface area contributed by atoms with Crippen molar-refractivity contribution in [3.05, 3.63) is 40.7 Å². The molecule has 0 saturated carbocycles. The van der Waals surface area contributed by atoms with Crippen molar-refractivity contribution >= 4 is 32.6 Å². The summed E-state index contributed by atoms with van der Waals surface area (Å²) in [6, 6.07) is 6.32. The predicted octanol–water partition coefficient (Wildman–Crippen LogP) is 4.21. The SMILES string of the molecule is Cc1cc(C)c2sc(N(CCN(C)C)C(=O)c3cc(C)n(C(C)C)n3)nc2c1. The largest absolute Gasteiger partial charge is 0.308 e. The molecule has 0 unspecified atom stereocenters. The molecule has 3 aromatic rings. The summed E-state index contributed by atoms with van der Waals surface area (Å²) in [6.45, 7) is 11.6. The van der Waals surface area contributed by atoms with Crippen molar-refractivity contribution in [3.8, 4) is 0 Å². The van der Waals surface area contributed by atoms with E-state index in [1.165, 1.54) is 11.1 Å². The first-order valence-electron chi connectivity index (χ1n) is 9.58. The third-order valence-electron chi connectivity index (χ3n) is 4.69. The van der Waals surface area contributed by atoms with Gasteiger partial charge in [-0.25, -0.2) is 4.98 Å².